The predicted octanol–water partition coefficient (Wildman–Crippen LogP) is 1.99. The van der Waals surface area contributed by atoms with Gasteiger partial charge in [-0.15, -0.1) is 24.0 Å². The Morgan fingerprint density at radius 2 is 2.32 bits per heavy atom. The third kappa shape index (κ3) is 3.29. The van der Waals surface area contributed by atoms with Gasteiger partial charge in [0.2, 0.25) is 0 Å². The van der Waals surface area contributed by atoms with Crippen molar-refractivity contribution in [3.05, 3.63) is 16.3 Å². The number of thioether (sulfide) groups is 1. The molecule has 4 nitrogen and oxygen atoms in total. The maximum Gasteiger partial charge on any atom is 0.265 e. The second-order valence-electron chi connectivity index (χ2n) is 4.15. The summed E-state index contributed by atoms with van der Waals surface area (Å²) in [7, 11) is -3.25. The molecule has 1 unspecified atom stereocenters. The van der Waals surface area contributed by atoms with Crippen molar-refractivity contribution in [2.24, 2.45) is 0 Å². The summed E-state index contributed by atoms with van der Waals surface area (Å²) in [4.78, 5) is 15.2. The SMILES string of the molecule is CCS(=O)(=O)C1CSCCN1C(=O)c1cc(S)cs1. The van der Waals surface area contributed by atoms with Gasteiger partial charge in [0.15, 0.2) is 9.84 Å². The van der Waals surface area contributed by atoms with Crippen LogP contribution in [-0.4, -0.2) is 48.4 Å². The molecule has 0 aliphatic carbocycles. The standard InChI is InChI=1S/C11H15NO3S4/c1-2-19(14,15)10-7-17-4-3-12(10)11(13)9-5-8(16)6-18-9/h5-6,10,16H,2-4,7H2,1H3. The summed E-state index contributed by atoms with van der Waals surface area (Å²) in [5, 5.41) is 1.08. The van der Waals surface area contributed by atoms with Crippen LogP contribution in [-0.2, 0) is 9.84 Å². The molecule has 19 heavy (non-hydrogen) atoms. The molecule has 1 fully saturated rings. The highest BCUT2D eigenvalue weighted by atomic mass is 32.2. The summed E-state index contributed by atoms with van der Waals surface area (Å²) in [5.74, 6) is 1.10. The third-order valence-corrected chi connectivity index (χ3v) is 7.60. The highest BCUT2D eigenvalue weighted by Crippen LogP contribution is 2.26. The molecule has 0 radical (unpaired) electrons. The minimum absolute atomic E-state index is 0.0598. The molecule has 106 valence electrons. The first kappa shape index (κ1) is 15.2. The van der Waals surface area contributed by atoms with Crippen LogP contribution in [0.5, 0.6) is 0 Å². The van der Waals surface area contributed by atoms with Crippen molar-refractivity contribution in [3.8, 4) is 0 Å². The summed E-state index contributed by atoms with van der Waals surface area (Å²) in [6, 6.07) is 1.69. The predicted molar refractivity (Wildman–Crippen MR) is 83.2 cm³/mol. The first-order valence-electron chi connectivity index (χ1n) is 5.83. The summed E-state index contributed by atoms with van der Waals surface area (Å²) in [5.41, 5.74) is 0. The summed E-state index contributed by atoms with van der Waals surface area (Å²) in [6.07, 6.45) is 0. The van der Waals surface area contributed by atoms with Crippen LogP contribution >= 0.6 is 35.7 Å². The first-order chi connectivity index (χ1) is 8.95. The molecule has 1 aromatic heterocycles. The fourth-order valence-corrected chi connectivity index (χ4v) is 5.95. The summed E-state index contributed by atoms with van der Waals surface area (Å²) >= 11 is 7.06. The Kier molecular flexibility index (Phi) is 4.86. The van der Waals surface area contributed by atoms with Crippen molar-refractivity contribution in [2.45, 2.75) is 17.2 Å². The van der Waals surface area contributed by atoms with E-state index < -0.39 is 15.2 Å². The monoisotopic (exact) mass is 337 g/mol. The van der Waals surface area contributed by atoms with E-state index in [-0.39, 0.29) is 11.7 Å². The van der Waals surface area contributed by atoms with Gasteiger partial charge in [-0.2, -0.15) is 11.8 Å². The Hall–Kier alpha value is -0.180. The summed E-state index contributed by atoms with van der Waals surface area (Å²) in [6.45, 7) is 2.10. The first-order valence-corrected chi connectivity index (χ1v) is 10.0. The lowest BCUT2D eigenvalue weighted by atomic mass is 10.4. The molecular formula is C11H15NO3S4. The quantitative estimate of drug-likeness (QED) is 0.857. The van der Waals surface area contributed by atoms with E-state index in [4.69, 9.17) is 0 Å². The second-order valence-corrected chi connectivity index (χ2v) is 9.17. The molecule has 1 aromatic rings. The highest BCUT2D eigenvalue weighted by molar-refractivity contribution is 8.01. The Bertz CT molecular complexity index is 566. The summed E-state index contributed by atoms with van der Waals surface area (Å²) < 4.78 is 24.2. The van der Waals surface area contributed by atoms with Crippen LogP contribution in [0.3, 0.4) is 0 Å². The van der Waals surface area contributed by atoms with Gasteiger partial charge in [-0.1, -0.05) is 6.92 Å². The molecule has 0 saturated carbocycles. The van der Waals surface area contributed by atoms with Gasteiger partial charge in [0, 0.05) is 34.1 Å². The lowest BCUT2D eigenvalue weighted by Gasteiger charge is -2.34. The average molecular weight is 338 g/mol. The zero-order valence-electron chi connectivity index (χ0n) is 10.4. The van der Waals surface area contributed by atoms with Crippen LogP contribution in [0.15, 0.2) is 16.3 Å². The number of sulfone groups is 1. The molecule has 1 aliphatic heterocycles. The fourth-order valence-electron chi connectivity index (χ4n) is 1.88. The van der Waals surface area contributed by atoms with Gasteiger partial charge in [-0.25, -0.2) is 8.42 Å². The van der Waals surface area contributed by atoms with Crippen molar-refractivity contribution in [2.75, 3.05) is 23.8 Å². The Balaban J connectivity index is 2.27. The van der Waals surface area contributed by atoms with Crippen molar-refractivity contribution in [1.82, 2.24) is 4.90 Å². The van der Waals surface area contributed by atoms with E-state index in [0.29, 0.717) is 17.2 Å². The van der Waals surface area contributed by atoms with E-state index in [1.807, 2.05) is 0 Å². The van der Waals surface area contributed by atoms with Crippen LogP contribution in [0, 0.1) is 0 Å². The maximum absolute atomic E-state index is 12.4. The molecule has 8 heteroatoms. The molecule has 1 saturated heterocycles. The lowest BCUT2D eigenvalue weighted by molar-refractivity contribution is 0.0754. The number of amides is 1. The number of nitrogens with zero attached hydrogens (tertiary/aromatic N) is 1. The van der Waals surface area contributed by atoms with E-state index in [2.05, 4.69) is 12.6 Å². The molecule has 2 heterocycles. The number of rotatable bonds is 3. The lowest BCUT2D eigenvalue weighted by Crippen LogP contribution is -2.50. The number of thiol groups is 1. The molecule has 0 aromatic carbocycles. The third-order valence-electron chi connectivity index (χ3n) is 2.96. The van der Waals surface area contributed by atoms with E-state index in [1.54, 1.807) is 30.1 Å². The van der Waals surface area contributed by atoms with Crippen molar-refractivity contribution in [3.63, 3.8) is 0 Å². The minimum Gasteiger partial charge on any atom is -0.319 e. The van der Waals surface area contributed by atoms with Crippen molar-refractivity contribution < 1.29 is 13.2 Å². The van der Waals surface area contributed by atoms with Crippen molar-refractivity contribution >= 4 is 51.5 Å². The van der Waals surface area contributed by atoms with E-state index >= 15 is 0 Å². The van der Waals surface area contributed by atoms with Gasteiger partial charge in [0.25, 0.3) is 5.91 Å². The van der Waals surface area contributed by atoms with Gasteiger partial charge in [-0.05, 0) is 6.07 Å². The second kappa shape index (κ2) is 6.07. The Morgan fingerprint density at radius 1 is 1.58 bits per heavy atom. The number of hydrogen-bond donors (Lipinski definition) is 1. The van der Waals surface area contributed by atoms with E-state index in [9.17, 15) is 13.2 Å². The largest absolute Gasteiger partial charge is 0.319 e. The number of thiophene rings is 1. The highest BCUT2D eigenvalue weighted by Gasteiger charge is 2.36. The Labute approximate surface area is 126 Å². The molecule has 1 amide bonds. The molecule has 1 atom stereocenters. The minimum atomic E-state index is -3.25. The average Bonchev–Trinajstić information content (AvgIpc) is 2.84. The van der Waals surface area contributed by atoms with Crippen LogP contribution in [0.4, 0.5) is 0 Å². The van der Waals surface area contributed by atoms with Gasteiger partial charge in [0.1, 0.15) is 5.37 Å². The molecule has 0 spiro atoms. The van der Waals surface area contributed by atoms with Crippen LogP contribution < -0.4 is 0 Å². The maximum atomic E-state index is 12.4. The fraction of sp³-hybridized carbons (Fsp3) is 0.545. The van der Waals surface area contributed by atoms with Crippen LogP contribution in [0.1, 0.15) is 16.6 Å². The zero-order chi connectivity index (χ0) is 14.0. The van der Waals surface area contributed by atoms with E-state index in [1.165, 1.54) is 16.2 Å². The topological polar surface area (TPSA) is 54.5 Å². The van der Waals surface area contributed by atoms with Crippen LogP contribution in [0.2, 0.25) is 0 Å². The van der Waals surface area contributed by atoms with Gasteiger partial charge in [0.05, 0.1) is 4.88 Å². The molecule has 0 bridgehead atoms. The van der Waals surface area contributed by atoms with Crippen molar-refractivity contribution in [1.29, 1.82) is 0 Å². The number of carbonyl (C=O) groups excluding carboxylic acids is 1. The number of hydrogen-bond acceptors (Lipinski definition) is 6. The smallest absolute Gasteiger partial charge is 0.265 e. The van der Waals surface area contributed by atoms with Gasteiger partial charge in [-0.3, -0.25) is 4.79 Å². The molecule has 2 rings (SSSR count). The van der Waals surface area contributed by atoms with E-state index in [0.717, 1.165) is 10.6 Å². The number of carbonyl (C=O) groups is 1. The van der Waals surface area contributed by atoms with Crippen LogP contribution in [0.25, 0.3) is 0 Å². The molecular weight excluding hydrogens is 322 g/mol. The molecule has 1 aliphatic rings. The van der Waals surface area contributed by atoms with Gasteiger partial charge < -0.3 is 4.90 Å². The van der Waals surface area contributed by atoms with Gasteiger partial charge >= 0.3 is 0 Å². The zero-order valence-corrected chi connectivity index (χ0v) is 13.7. The normalized spacial score (nSPS) is 20.5. The molecule has 0 N–H and O–H groups in total. The Morgan fingerprint density at radius 3 is 2.89 bits per heavy atom.